The second kappa shape index (κ2) is 11.7. The summed E-state index contributed by atoms with van der Waals surface area (Å²) in [5.74, 6) is 1.92. The van der Waals surface area contributed by atoms with Gasteiger partial charge in [-0.2, -0.15) is 0 Å². The van der Waals surface area contributed by atoms with E-state index < -0.39 is 0 Å². The van der Waals surface area contributed by atoms with E-state index in [1.165, 1.54) is 22.2 Å². The van der Waals surface area contributed by atoms with Crippen molar-refractivity contribution >= 4 is 40.3 Å². The van der Waals surface area contributed by atoms with Crippen LogP contribution in [0.3, 0.4) is 0 Å². The quantitative estimate of drug-likeness (QED) is 0.188. The van der Waals surface area contributed by atoms with Crippen molar-refractivity contribution in [3.63, 3.8) is 0 Å². The van der Waals surface area contributed by atoms with E-state index in [0.717, 1.165) is 17.7 Å². The predicted octanol–water partition coefficient (Wildman–Crippen LogP) is 5.49. The zero-order valence-electron chi connectivity index (χ0n) is 18.3. The van der Waals surface area contributed by atoms with Gasteiger partial charge >= 0.3 is 0 Å². The zero-order valence-corrected chi connectivity index (χ0v) is 20.0. The fourth-order valence-electron chi connectivity index (χ4n) is 3.13. The van der Waals surface area contributed by atoms with E-state index in [9.17, 15) is 4.79 Å². The Morgan fingerprint density at radius 3 is 2.56 bits per heavy atom. The first kappa shape index (κ1) is 23.9. The molecular weight excluding hydrogens is 442 g/mol. The van der Waals surface area contributed by atoms with Crippen molar-refractivity contribution in [2.45, 2.75) is 19.8 Å². The molecule has 7 heteroatoms. The highest BCUT2D eigenvalue weighted by Gasteiger charge is 2.31. The summed E-state index contributed by atoms with van der Waals surface area (Å²) in [7, 11) is 1.60. The average molecular weight is 470 g/mol. The van der Waals surface area contributed by atoms with Gasteiger partial charge in [0.1, 0.15) is 10.1 Å². The number of thioether (sulfide) groups is 1. The number of thiocarbonyl (C=S) groups is 1. The molecule has 1 fully saturated rings. The molecular formula is C25H27NO4S2. The average Bonchev–Trinajstić information content (AvgIpc) is 3.07. The highest BCUT2D eigenvalue weighted by Crippen LogP contribution is 2.37. The van der Waals surface area contributed by atoms with Gasteiger partial charge in [0, 0.05) is 18.5 Å². The monoisotopic (exact) mass is 469 g/mol. The van der Waals surface area contributed by atoms with E-state index in [1.54, 1.807) is 19.3 Å². The topological polar surface area (TPSA) is 48.0 Å². The van der Waals surface area contributed by atoms with E-state index in [2.05, 4.69) is 25.6 Å². The van der Waals surface area contributed by atoms with Gasteiger partial charge in [0.15, 0.2) is 11.5 Å². The normalized spacial score (nSPS) is 14.7. The maximum Gasteiger partial charge on any atom is 0.266 e. The number of methoxy groups -OCH3 is 1. The molecule has 0 saturated carbocycles. The van der Waals surface area contributed by atoms with Crippen molar-refractivity contribution in [2.75, 3.05) is 26.9 Å². The van der Waals surface area contributed by atoms with Crippen molar-refractivity contribution < 1.29 is 19.0 Å². The van der Waals surface area contributed by atoms with E-state index >= 15 is 0 Å². The number of rotatable bonds is 11. The summed E-state index contributed by atoms with van der Waals surface area (Å²) in [6.07, 6.45) is 5.17. The number of nitrogens with zero attached hydrogens (tertiary/aromatic N) is 1. The maximum absolute atomic E-state index is 12.7. The first-order chi connectivity index (χ1) is 15.6. The molecule has 1 saturated heterocycles. The van der Waals surface area contributed by atoms with Crippen LogP contribution in [0, 0.1) is 0 Å². The van der Waals surface area contributed by atoms with Gasteiger partial charge in [-0.15, -0.1) is 6.58 Å². The van der Waals surface area contributed by atoms with Crippen LogP contribution in [0.1, 0.15) is 24.5 Å². The zero-order chi connectivity index (χ0) is 22.9. The number of amides is 1. The molecule has 1 aliphatic rings. The second-order valence-electron chi connectivity index (χ2n) is 7.01. The van der Waals surface area contributed by atoms with Gasteiger partial charge in [0.2, 0.25) is 0 Å². The Labute approximate surface area is 199 Å². The lowest BCUT2D eigenvalue weighted by molar-refractivity contribution is -0.121. The molecule has 0 bridgehead atoms. The molecule has 1 aliphatic heterocycles. The molecule has 2 aromatic carbocycles. The SMILES string of the molecule is C=CCN1C(=O)/C(=C\c2cccc(OC)c2OCCCOc2ccc(CC)cc2)SC1=S. The number of carbonyl (C=O) groups excluding carboxylic acids is 1. The maximum atomic E-state index is 12.7. The summed E-state index contributed by atoms with van der Waals surface area (Å²) in [5, 5.41) is 0. The number of carbonyl (C=O) groups is 1. The van der Waals surface area contributed by atoms with E-state index in [0.29, 0.717) is 46.9 Å². The van der Waals surface area contributed by atoms with Crippen LogP contribution in [0.5, 0.6) is 17.2 Å². The highest BCUT2D eigenvalue weighted by atomic mass is 32.2. The molecule has 1 amide bonds. The molecule has 0 unspecified atom stereocenters. The summed E-state index contributed by atoms with van der Waals surface area (Å²) in [5.41, 5.74) is 2.05. The smallest absolute Gasteiger partial charge is 0.266 e. The van der Waals surface area contributed by atoms with Crippen LogP contribution < -0.4 is 14.2 Å². The third kappa shape index (κ3) is 5.93. The molecule has 0 aromatic heterocycles. The minimum Gasteiger partial charge on any atom is -0.493 e. The summed E-state index contributed by atoms with van der Waals surface area (Å²) in [6.45, 7) is 7.19. The number of para-hydroxylation sites is 1. The van der Waals surface area contributed by atoms with Crippen molar-refractivity contribution in [1.29, 1.82) is 0 Å². The molecule has 0 N–H and O–H groups in total. The number of aryl methyl sites for hydroxylation is 1. The Kier molecular flexibility index (Phi) is 8.76. The molecule has 1 heterocycles. The van der Waals surface area contributed by atoms with Gasteiger partial charge < -0.3 is 14.2 Å². The lowest BCUT2D eigenvalue weighted by atomic mass is 10.1. The third-order valence-electron chi connectivity index (χ3n) is 4.84. The van der Waals surface area contributed by atoms with Crippen LogP contribution in [0.25, 0.3) is 6.08 Å². The Morgan fingerprint density at radius 2 is 1.88 bits per heavy atom. The number of benzene rings is 2. The van der Waals surface area contributed by atoms with E-state index in [4.69, 9.17) is 26.4 Å². The molecule has 5 nitrogen and oxygen atoms in total. The second-order valence-corrected chi connectivity index (χ2v) is 8.68. The minimum atomic E-state index is -0.129. The van der Waals surface area contributed by atoms with E-state index in [-0.39, 0.29) is 5.91 Å². The van der Waals surface area contributed by atoms with Gasteiger partial charge in [0.05, 0.1) is 25.2 Å². The lowest BCUT2D eigenvalue weighted by Gasteiger charge is -2.14. The standard InChI is InChI=1S/C25H27NO4S2/c1-4-14-26-24(27)22(32-25(26)31)17-19-8-6-9-21(28-3)23(19)30-16-7-15-29-20-12-10-18(5-2)11-13-20/h4,6,8-13,17H,1,5,7,14-16H2,2-3H3/b22-17+. The molecule has 0 atom stereocenters. The third-order valence-corrected chi connectivity index (χ3v) is 6.21. The Hall–Kier alpha value is -2.77. The first-order valence-electron chi connectivity index (χ1n) is 10.4. The molecule has 2 aromatic rings. The van der Waals surface area contributed by atoms with Crippen LogP contribution in [0.4, 0.5) is 0 Å². The van der Waals surface area contributed by atoms with Gasteiger partial charge in [-0.1, -0.05) is 61.2 Å². The minimum absolute atomic E-state index is 0.129. The van der Waals surface area contributed by atoms with Gasteiger partial charge in [0.25, 0.3) is 5.91 Å². The highest BCUT2D eigenvalue weighted by molar-refractivity contribution is 8.26. The van der Waals surface area contributed by atoms with Gasteiger partial charge in [-0.3, -0.25) is 9.69 Å². The number of ether oxygens (including phenoxy) is 3. The molecule has 32 heavy (non-hydrogen) atoms. The summed E-state index contributed by atoms with van der Waals surface area (Å²) >= 11 is 6.60. The molecule has 0 spiro atoms. The van der Waals surface area contributed by atoms with Gasteiger partial charge in [-0.25, -0.2) is 0 Å². The Balaban J connectivity index is 1.64. The van der Waals surface area contributed by atoms with E-state index in [1.807, 2.05) is 30.3 Å². The largest absolute Gasteiger partial charge is 0.493 e. The molecule has 0 aliphatic carbocycles. The fraction of sp³-hybridized carbons (Fsp3) is 0.280. The van der Waals surface area contributed by atoms with Crippen LogP contribution in [-0.2, 0) is 11.2 Å². The van der Waals surface area contributed by atoms with Crippen molar-refractivity contribution in [3.8, 4) is 17.2 Å². The fourth-order valence-corrected chi connectivity index (χ4v) is 4.40. The summed E-state index contributed by atoms with van der Waals surface area (Å²) < 4.78 is 17.9. The molecule has 3 rings (SSSR count). The van der Waals surface area contributed by atoms with Crippen LogP contribution in [-0.4, -0.2) is 42.0 Å². The number of hydrogen-bond acceptors (Lipinski definition) is 6. The van der Waals surface area contributed by atoms with Crippen LogP contribution in [0.2, 0.25) is 0 Å². The van der Waals surface area contributed by atoms with Crippen LogP contribution in [0.15, 0.2) is 60.0 Å². The van der Waals surface area contributed by atoms with Crippen molar-refractivity contribution in [2.24, 2.45) is 0 Å². The van der Waals surface area contributed by atoms with Crippen molar-refractivity contribution in [1.82, 2.24) is 4.90 Å². The first-order valence-corrected chi connectivity index (χ1v) is 11.7. The number of hydrogen-bond donors (Lipinski definition) is 0. The Bertz CT molecular complexity index is 1000. The predicted molar refractivity (Wildman–Crippen MR) is 134 cm³/mol. The van der Waals surface area contributed by atoms with Crippen molar-refractivity contribution in [3.05, 3.63) is 71.2 Å². The summed E-state index contributed by atoms with van der Waals surface area (Å²) in [4.78, 5) is 14.7. The lowest BCUT2D eigenvalue weighted by Crippen LogP contribution is -2.27. The van der Waals surface area contributed by atoms with Gasteiger partial charge in [-0.05, 0) is 36.3 Å². The summed E-state index contributed by atoms with van der Waals surface area (Å²) in [6, 6.07) is 13.7. The molecule has 0 radical (unpaired) electrons. The van der Waals surface area contributed by atoms with Crippen LogP contribution >= 0.6 is 24.0 Å². The molecule has 168 valence electrons. The Morgan fingerprint density at radius 1 is 1.12 bits per heavy atom.